The molecule has 2 heterocycles. The standard InChI is InChI=1S/C17H19ClO4/c1-4-12-9-13-14(16(19)22-17(2,3)21-13)15(20-12)10-5-7-11(18)8-6-10/h5-8,12,15H,4,9H2,1-3H3/t12-,15-/m1/s1. The van der Waals surface area contributed by atoms with E-state index in [9.17, 15) is 4.79 Å². The van der Waals surface area contributed by atoms with Crippen LogP contribution in [0, 0.1) is 0 Å². The Morgan fingerprint density at radius 3 is 2.55 bits per heavy atom. The zero-order valence-corrected chi connectivity index (χ0v) is 13.6. The Hall–Kier alpha value is -1.52. The molecule has 1 aromatic carbocycles. The molecule has 0 aliphatic carbocycles. The third-order valence-corrected chi connectivity index (χ3v) is 4.11. The van der Waals surface area contributed by atoms with E-state index in [-0.39, 0.29) is 12.1 Å². The van der Waals surface area contributed by atoms with E-state index in [2.05, 4.69) is 6.92 Å². The van der Waals surface area contributed by atoms with Crippen molar-refractivity contribution in [2.75, 3.05) is 0 Å². The van der Waals surface area contributed by atoms with Gasteiger partial charge >= 0.3 is 5.97 Å². The molecule has 0 saturated heterocycles. The first kappa shape index (κ1) is 15.4. The van der Waals surface area contributed by atoms with Gasteiger partial charge in [-0.1, -0.05) is 30.7 Å². The van der Waals surface area contributed by atoms with Crippen LogP contribution in [0.4, 0.5) is 0 Å². The quantitative estimate of drug-likeness (QED) is 0.767. The minimum absolute atomic E-state index is 0.0149. The SMILES string of the molecule is CC[C@@H]1CC2=C(C(=O)OC(C)(C)O2)[C@@H](c2ccc(Cl)cc2)O1. The van der Waals surface area contributed by atoms with Gasteiger partial charge in [0.15, 0.2) is 0 Å². The van der Waals surface area contributed by atoms with E-state index in [1.165, 1.54) is 0 Å². The van der Waals surface area contributed by atoms with E-state index in [4.69, 9.17) is 25.8 Å². The fourth-order valence-electron chi connectivity index (χ4n) is 2.81. The molecule has 0 saturated carbocycles. The second kappa shape index (κ2) is 5.60. The predicted octanol–water partition coefficient (Wildman–Crippen LogP) is 4.14. The number of hydrogen-bond acceptors (Lipinski definition) is 4. The van der Waals surface area contributed by atoms with E-state index in [0.29, 0.717) is 22.8 Å². The first-order valence-electron chi connectivity index (χ1n) is 7.46. The molecule has 0 amide bonds. The molecule has 5 heteroatoms. The van der Waals surface area contributed by atoms with Crippen LogP contribution in [0.5, 0.6) is 0 Å². The molecule has 3 rings (SSSR count). The molecule has 0 N–H and O–H groups in total. The van der Waals surface area contributed by atoms with E-state index in [1.807, 2.05) is 12.1 Å². The maximum atomic E-state index is 12.4. The summed E-state index contributed by atoms with van der Waals surface area (Å²) < 4.78 is 17.3. The molecule has 0 bridgehead atoms. The van der Waals surface area contributed by atoms with Crippen molar-refractivity contribution in [2.45, 2.75) is 51.6 Å². The lowest BCUT2D eigenvalue weighted by molar-refractivity contribution is -0.217. The predicted molar refractivity (Wildman–Crippen MR) is 82.3 cm³/mol. The topological polar surface area (TPSA) is 44.8 Å². The molecular weight excluding hydrogens is 304 g/mol. The maximum Gasteiger partial charge on any atom is 0.343 e. The Bertz CT molecular complexity index is 618. The van der Waals surface area contributed by atoms with Crippen molar-refractivity contribution < 1.29 is 19.0 Å². The molecule has 2 aliphatic heterocycles. The average molecular weight is 323 g/mol. The van der Waals surface area contributed by atoms with Gasteiger partial charge in [0.2, 0.25) is 5.79 Å². The second-order valence-corrected chi connectivity index (χ2v) is 6.47. The lowest BCUT2D eigenvalue weighted by atomic mass is 9.93. The van der Waals surface area contributed by atoms with Gasteiger partial charge in [0.1, 0.15) is 17.4 Å². The van der Waals surface area contributed by atoms with Gasteiger partial charge in [-0.25, -0.2) is 4.79 Å². The molecule has 4 nitrogen and oxygen atoms in total. The van der Waals surface area contributed by atoms with E-state index in [1.54, 1.807) is 26.0 Å². The summed E-state index contributed by atoms with van der Waals surface area (Å²) in [6, 6.07) is 7.30. The molecule has 1 aromatic rings. The van der Waals surface area contributed by atoms with Crippen LogP contribution < -0.4 is 0 Å². The lowest BCUT2D eigenvalue weighted by Crippen LogP contribution is -2.42. The van der Waals surface area contributed by atoms with Gasteiger partial charge in [-0.3, -0.25) is 0 Å². The Morgan fingerprint density at radius 2 is 1.91 bits per heavy atom. The van der Waals surface area contributed by atoms with Crippen LogP contribution in [0.2, 0.25) is 5.02 Å². The van der Waals surface area contributed by atoms with Crippen LogP contribution in [0.25, 0.3) is 0 Å². The Labute approximate surface area is 135 Å². The van der Waals surface area contributed by atoms with Gasteiger partial charge < -0.3 is 14.2 Å². The summed E-state index contributed by atoms with van der Waals surface area (Å²) in [4.78, 5) is 12.4. The fraction of sp³-hybridized carbons (Fsp3) is 0.471. The molecule has 0 fully saturated rings. The molecule has 0 radical (unpaired) electrons. The number of hydrogen-bond donors (Lipinski definition) is 0. The number of carbonyl (C=O) groups is 1. The van der Waals surface area contributed by atoms with Gasteiger partial charge in [-0.2, -0.15) is 0 Å². The Balaban J connectivity index is 2.04. The summed E-state index contributed by atoms with van der Waals surface area (Å²) in [7, 11) is 0. The molecule has 2 aliphatic rings. The minimum atomic E-state index is -0.934. The Kier molecular flexibility index (Phi) is 3.91. The van der Waals surface area contributed by atoms with Gasteiger partial charge in [0.05, 0.1) is 6.10 Å². The normalized spacial score (nSPS) is 27.0. The van der Waals surface area contributed by atoms with Crippen molar-refractivity contribution in [3.63, 3.8) is 0 Å². The Morgan fingerprint density at radius 1 is 1.23 bits per heavy atom. The molecular formula is C17H19ClO4. The average Bonchev–Trinajstić information content (AvgIpc) is 2.45. The van der Waals surface area contributed by atoms with Crippen molar-refractivity contribution in [3.8, 4) is 0 Å². The largest absolute Gasteiger partial charge is 0.456 e. The molecule has 0 unspecified atom stereocenters. The lowest BCUT2D eigenvalue weighted by Gasteiger charge is -2.40. The molecule has 118 valence electrons. The van der Waals surface area contributed by atoms with Crippen LogP contribution in [-0.4, -0.2) is 17.9 Å². The summed E-state index contributed by atoms with van der Waals surface area (Å²) in [6.07, 6.45) is 0.976. The summed E-state index contributed by atoms with van der Waals surface area (Å²) in [6.45, 7) is 5.53. The third kappa shape index (κ3) is 2.85. The van der Waals surface area contributed by atoms with Gasteiger partial charge in [0.25, 0.3) is 0 Å². The van der Waals surface area contributed by atoms with Crippen molar-refractivity contribution >= 4 is 17.6 Å². The monoisotopic (exact) mass is 322 g/mol. The van der Waals surface area contributed by atoms with E-state index < -0.39 is 11.9 Å². The van der Waals surface area contributed by atoms with Crippen LogP contribution in [0.3, 0.4) is 0 Å². The van der Waals surface area contributed by atoms with Gasteiger partial charge in [0, 0.05) is 25.3 Å². The zero-order valence-electron chi connectivity index (χ0n) is 12.9. The van der Waals surface area contributed by atoms with Gasteiger partial charge in [-0.05, 0) is 24.1 Å². The number of halogens is 1. The highest BCUT2D eigenvalue weighted by Gasteiger charge is 2.44. The highest BCUT2D eigenvalue weighted by molar-refractivity contribution is 6.30. The molecule has 0 spiro atoms. The van der Waals surface area contributed by atoms with Crippen LogP contribution in [-0.2, 0) is 19.0 Å². The molecule has 22 heavy (non-hydrogen) atoms. The van der Waals surface area contributed by atoms with Crippen LogP contribution in [0.1, 0.15) is 45.3 Å². The zero-order chi connectivity index (χ0) is 15.9. The highest BCUT2D eigenvalue weighted by atomic mass is 35.5. The maximum absolute atomic E-state index is 12.4. The second-order valence-electron chi connectivity index (χ2n) is 6.03. The van der Waals surface area contributed by atoms with Gasteiger partial charge in [-0.15, -0.1) is 0 Å². The first-order valence-corrected chi connectivity index (χ1v) is 7.83. The third-order valence-electron chi connectivity index (χ3n) is 3.86. The molecule has 2 atom stereocenters. The summed E-state index contributed by atoms with van der Waals surface area (Å²) in [5.41, 5.74) is 1.33. The number of esters is 1. The number of rotatable bonds is 2. The van der Waals surface area contributed by atoms with Crippen molar-refractivity contribution in [1.29, 1.82) is 0 Å². The summed E-state index contributed by atoms with van der Waals surface area (Å²) >= 11 is 5.94. The van der Waals surface area contributed by atoms with Crippen LogP contribution >= 0.6 is 11.6 Å². The number of cyclic esters (lactones) is 1. The fourth-order valence-corrected chi connectivity index (χ4v) is 2.93. The number of benzene rings is 1. The first-order chi connectivity index (χ1) is 10.4. The van der Waals surface area contributed by atoms with E-state index >= 15 is 0 Å². The summed E-state index contributed by atoms with van der Waals surface area (Å²) in [5, 5.41) is 0.643. The highest BCUT2D eigenvalue weighted by Crippen LogP contribution is 2.43. The van der Waals surface area contributed by atoms with Crippen molar-refractivity contribution in [3.05, 3.63) is 46.2 Å². The van der Waals surface area contributed by atoms with Crippen molar-refractivity contribution in [1.82, 2.24) is 0 Å². The number of ether oxygens (including phenoxy) is 3. The molecule has 0 aromatic heterocycles. The smallest absolute Gasteiger partial charge is 0.343 e. The summed E-state index contributed by atoms with van der Waals surface area (Å²) in [5.74, 6) is -0.629. The van der Waals surface area contributed by atoms with Crippen molar-refractivity contribution in [2.24, 2.45) is 0 Å². The minimum Gasteiger partial charge on any atom is -0.456 e. The van der Waals surface area contributed by atoms with Crippen LogP contribution in [0.15, 0.2) is 35.6 Å². The van der Waals surface area contributed by atoms with E-state index in [0.717, 1.165) is 12.0 Å². The number of carbonyl (C=O) groups excluding carboxylic acids is 1.